The fraction of sp³-hybridized carbons (Fsp3) is 0.517. The molecule has 8 nitrogen and oxygen atoms in total. The molecule has 2 aromatic rings. The van der Waals surface area contributed by atoms with Crippen LogP contribution in [-0.2, 0) is 14.6 Å². The molecule has 2 N–H and O–H groups in total. The maximum absolute atomic E-state index is 14.7. The van der Waals surface area contributed by atoms with Gasteiger partial charge in [0.1, 0.15) is 5.75 Å². The minimum absolute atomic E-state index is 0.00691. The third-order valence-electron chi connectivity index (χ3n) is 8.09. The number of hydrogen-bond acceptors (Lipinski definition) is 6. The fourth-order valence-corrected chi connectivity index (χ4v) is 6.32. The lowest BCUT2D eigenvalue weighted by Gasteiger charge is -2.37. The monoisotopic (exact) mass is 614 g/mol. The van der Waals surface area contributed by atoms with Gasteiger partial charge in [-0.1, -0.05) is 32.3 Å². The lowest BCUT2D eigenvalue weighted by molar-refractivity contribution is -0.123. The van der Waals surface area contributed by atoms with Gasteiger partial charge in [-0.15, -0.1) is 0 Å². The van der Waals surface area contributed by atoms with Crippen LogP contribution in [-0.4, -0.2) is 45.5 Å². The summed E-state index contributed by atoms with van der Waals surface area (Å²) < 4.78 is 88.5. The van der Waals surface area contributed by atoms with Crippen LogP contribution in [0.5, 0.6) is 11.5 Å². The third-order valence-corrected chi connectivity index (χ3v) is 9.57. The van der Waals surface area contributed by atoms with E-state index in [4.69, 9.17) is 9.47 Å². The van der Waals surface area contributed by atoms with E-state index < -0.39 is 49.8 Å². The second kappa shape index (κ2) is 12.9. The Kier molecular flexibility index (Phi) is 9.69. The molecule has 0 unspecified atom stereocenters. The molecule has 0 radical (unpaired) electrons. The predicted octanol–water partition coefficient (Wildman–Crippen LogP) is 5.87. The number of sulfone groups is 1. The molecule has 2 aromatic carbocycles. The molecule has 0 saturated heterocycles. The molecule has 0 spiro atoms. The van der Waals surface area contributed by atoms with E-state index in [1.807, 2.05) is 6.92 Å². The van der Waals surface area contributed by atoms with Crippen LogP contribution < -0.4 is 20.1 Å². The van der Waals surface area contributed by atoms with Crippen molar-refractivity contribution < 1.29 is 45.0 Å². The van der Waals surface area contributed by atoms with Crippen molar-refractivity contribution in [1.29, 1.82) is 0 Å². The van der Waals surface area contributed by atoms with Gasteiger partial charge in [0.25, 0.3) is 15.7 Å². The standard InChI is InChI=1S/C29H34F4N2O6S/c1-3-18-9-5-12-23(26(18)28(37)34-19-10-6-11-20(13-19)42(38,39)29(31,32)33)35-27(36)21-14-25(22(30)15-24(21)40-2)41-16-17-7-4-8-17/h6,10-11,13-15,17-18,23,26H,3-5,7-9,12,16H2,1-2H3,(H,34,37)(H,35,36)/t18-,23-,26+/m1/s1. The Hall–Kier alpha value is -3.35. The molecule has 0 aromatic heterocycles. The van der Waals surface area contributed by atoms with E-state index >= 15 is 0 Å². The highest BCUT2D eigenvalue weighted by molar-refractivity contribution is 7.92. The number of benzene rings is 2. The number of carbonyl (C=O) groups is 2. The minimum atomic E-state index is -5.61. The van der Waals surface area contributed by atoms with Crippen molar-refractivity contribution in [3.8, 4) is 11.5 Å². The molecule has 3 atom stereocenters. The second-order valence-corrected chi connectivity index (χ2v) is 12.7. The largest absolute Gasteiger partial charge is 0.501 e. The van der Waals surface area contributed by atoms with Crippen molar-refractivity contribution in [2.75, 3.05) is 19.0 Å². The molecule has 0 aliphatic heterocycles. The van der Waals surface area contributed by atoms with Crippen molar-refractivity contribution in [3.63, 3.8) is 0 Å². The van der Waals surface area contributed by atoms with Crippen LogP contribution in [0.4, 0.5) is 23.2 Å². The topological polar surface area (TPSA) is 111 Å². The molecule has 2 fully saturated rings. The fourth-order valence-electron chi connectivity index (χ4n) is 5.51. The van der Waals surface area contributed by atoms with E-state index in [1.54, 1.807) is 0 Å². The molecule has 2 aliphatic carbocycles. The van der Waals surface area contributed by atoms with Crippen molar-refractivity contribution in [3.05, 3.63) is 47.8 Å². The maximum Gasteiger partial charge on any atom is 0.501 e. The highest BCUT2D eigenvalue weighted by atomic mass is 32.2. The molecule has 42 heavy (non-hydrogen) atoms. The molecular formula is C29H34F4N2O6S. The number of hydrogen-bond donors (Lipinski definition) is 2. The number of nitrogens with one attached hydrogen (secondary N) is 2. The van der Waals surface area contributed by atoms with E-state index in [2.05, 4.69) is 10.6 Å². The summed E-state index contributed by atoms with van der Waals surface area (Å²) in [5, 5.41) is 5.42. The van der Waals surface area contributed by atoms with Crippen molar-refractivity contribution in [2.45, 2.75) is 68.3 Å². The van der Waals surface area contributed by atoms with Crippen LogP contribution in [0.2, 0.25) is 0 Å². The Bertz CT molecular complexity index is 1410. The normalized spacial score (nSPS) is 21.2. The van der Waals surface area contributed by atoms with Crippen LogP contribution in [0.25, 0.3) is 0 Å². The Morgan fingerprint density at radius 2 is 1.74 bits per heavy atom. The van der Waals surface area contributed by atoms with E-state index in [0.29, 0.717) is 38.2 Å². The quantitative estimate of drug-likeness (QED) is 0.324. The summed E-state index contributed by atoms with van der Waals surface area (Å²) >= 11 is 0. The summed E-state index contributed by atoms with van der Waals surface area (Å²) in [6.07, 6.45) is 5.52. The Labute approximate surface area is 242 Å². The van der Waals surface area contributed by atoms with E-state index in [0.717, 1.165) is 43.5 Å². The third kappa shape index (κ3) is 6.82. The Morgan fingerprint density at radius 1 is 1.02 bits per heavy atom. The van der Waals surface area contributed by atoms with Gasteiger partial charge < -0.3 is 20.1 Å². The minimum Gasteiger partial charge on any atom is -0.496 e. The SMILES string of the molecule is CC[C@@H]1CCC[C@@H](NC(=O)c2cc(OCC3CCC3)c(F)cc2OC)[C@H]1C(=O)Nc1cccc(S(=O)(=O)C(F)(F)F)c1. The summed E-state index contributed by atoms with van der Waals surface area (Å²) in [7, 11) is -4.31. The van der Waals surface area contributed by atoms with Gasteiger partial charge in [-0.25, -0.2) is 12.8 Å². The number of halogens is 4. The van der Waals surface area contributed by atoms with Gasteiger partial charge in [-0.3, -0.25) is 9.59 Å². The van der Waals surface area contributed by atoms with E-state index in [-0.39, 0.29) is 28.7 Å². The van der Waals surface area contributed by atoms with Crippen LogP contribution in [0, 0.1) is 23.6 Å². The summed E-state index contributed by atoms with van der Waals surface area (Å²) in [5.41, 5.74) is -5.58. The predicted molar refractivity (Wildman–Crippen MR) is 146 cm³/mol. The Morgan fingerprint density at radius 3 is 2.36 bits per heavy atom. The number of alkyl halides is 3. The molecule has 13 heteroatoms. The molecule has 2 amide bonds. The number of anilines is 1. The lowest BCUT2D eigenvalue weighted by Crippen LogP contribution is -2.50. The zero-order valence-electron chi connectivity index (χ0n) is 23.3. The molecule has 0 bridgehead atoms. The molecule has 0 heterocycles. The van der Waals surface area contributed by atoms with Crippen LogP contribution in [0.1, 0.15) is 62.2 Å². The van der Waals surface area contributed by atoms with Crippen LogP contribution in [0.3, 0.4) is 0 Å². The first-order valence-corrected chi connectivity index (χ1v) is 15.4. The van der Waals surface area contributed by atoms with Gasteiger partial charge in [0.15, 0.2) is 11.6 Å². The zero-order valence-corrected chi connectivity index (χ0v) is 24.1. The summed E-state index contributed by atoms with van der Waals surface area (Å²) in [4.78, 5) is 26.0. The molecule has 2 saturated carbocycles. The summed E-state index contributed by atoms with van der Waals surface area (Å²) in [6.45, 7) is 2.22. The van der Waals surface area contributed by atoms with Crippen molar-refractivity contribution >= 4 is 27.3 Å². The number of amides is 2. The van der Waals surface area contributed by atoms with Crippen molar-refractivity contribution in [1.82, 2.24) is 5.32 Å². The van der Waals surface area contributed by atoms with Gasteiger partial charge in [-0.2, -0.15) is 13.2 Å². The molecule has 4 rings (SSSR count). The molecule has 2 aliphatic rings. The number of methoxy groups -OCH3 is 1. The number of carbonyl (C=O) groups excluding carboxylic acids is 2. The Balaban J connectivity index is 1.55. The summed E-state index contributed by atoms with van der Waals surface area (Å²) in [6, 6.07) is 5.66. The average Bonchev–Trinajstić information content (AvgIpc) is 2.91. The number of ether oxygens (including phenoxy) is 2. The van der Waals surface area contributed by atoms with Gasteiger partial charge in [0.2, 0.25) is 5.91 Å². The maximum atomic E-state index is 14.7. The zero-order chi connectivity index (χ0) is 30.7. The first-order valence-electron chi connectivity index (χ1n) is 13.9. The lowest BCUT2D eigenvalue weighted by atomic mass is 9.74. The highest BCUT2D eigenvalue weighted by Gasteiger charge is 2.47. The highest BCUT2D eigenvalue weighted by Crippen LogP contribution is 2.36. The first kappa shape index (κ1) is 31.6. The van der Waals surface area contributed by atoms with Gasteiger partial charge in [0, 0.05) is 17.8 Å². The first-order chi connectivity index (χ1) is 19.8. The average molecular weight is 615 g/mol. The van der Waals surface area contributed by atoms with E-state index in [1.165, 1.54) is 19.2 Å². The van der Waals surface area contributed by atoms with Gasteiger partial charge >= 0.3 is 5.51 Å². The molecular weight excluding hydrogens is 580 g/mol. The molecule has 230 valence electrons. The van der Waals surface area contributed by atoms with Crippen LogP contribution >= 0.6 is 0 Å². The second-order valence-electron chi connectivity index (χ2n) is 10.8. The smallest absolute Gasteiger partial charge is 0.496 e. The van der Waals surface area contributed by atoms with Crippen molar-refractivity contribution in [2.24, 2.45) is 17.8 Å². The summed E-state index contributed by atoms with van der Waals surface area (Å²) in [5.74, 6) is -2.51. The number of rotatable bonds is 10. The van der Waals surface area contributed by atoms with Crippen LogP contribution in [0.15, 0.2) is 41.3 Å². The van der Waals surface area contributed by atoms with Gasteiger partial charge in [0.05, 0.1) is 30.1 Å². The van der Waals surface area contributed by atoms with Gasteiger partial charge in [-0.05, 0) is 61.8 Å². The van der Waals surface area contributed by atoms with E-state index in [9.17, 15) is 35.6 Å².